The molecule has 0 aromatic heterocycles. The van der Waals surface area contributed by atoms with Gasteiger partial charge in [-0.3, -0.25) is 4.79 Å². The number of hydrogen-bond donors (Lipinski definition) is 2. The Bertz CT molecular complexity index is 201. The largest absolute Gasteiger partial charge is 0.480 e. The summed E-state index contributed by atoms with van der Waals surface area (Å²) in [5.41, 5.74) is 0. The normalized spacial score (nSPS) is 12.1. The monoisotopic (exact) mass is 249 g/mol. The van der Waals surface area contributed by atoms with Crippen molar-refractivity contribution < 1.29 is 19.4 Å². The first-order valence-electron chi connectivity index (χ1n) is 5.21. The Labute approximate surface area is 99.9 Å². The van der Waals surface area contributed by atoms with Gasteiger partial charge in [-0.25, -0.2) is 4.79 Å². The van der Waals surface area contributed by atoms with E-state index in [0.717, 1.165) is 31.0 Å². The zero-order valence-corrected chi connectivity index (χ0v) is 10.3. The standard InChI is InChI=1S/C10H19NO4S/c1-15-5-2-3-6-16-7-4-9(10(13)14)11-8-12/h8-9H,2-7H2,1H3,(H,11,12)(H,13,14). The van der Waals surface area contributed by atoms with Crippen molar-refractivity contribution in [2.45, 2.75) is 25.3 Å². The first-order valence-corrected chi connectivity index (χ1v) is 6.37. The maximum absolute atomic E-state index is 10.6. The number of amides is 1. The van der Waals surface area contributed by atoms with Crippen LogP contribution in [0, 0.1) is 0 Å². The molecule has 6 heteroatoms. The van der Waals surface area contributed by atoms with Crippen molar-refractivity contribution in [3.8, 4) is 0 Å². The smallest absolute Gasteiger partial charge is 0.326 e. The van der Waals surface area contributed by atoms with Crippen LogP contribution in [-0.4, -0.2) is 48.8 Å². The summed E-state index contributed by atoms with van der Waals surface area (Å²) >= 11 is 1.70. The summed E-state index contributed by atoms with van der Waals surface area (Å²) in [6.45, 7) is 0.769. The van der Waals surface area contributed by atoms with Crippen LogP contribution in [0.5, 0.6) is 0 Å². The molecule has 16 heavy (non-hydrogen) atoms. The lowest BCUT2D eigenvalue weighted by Crippen LogP contribution is -2.36. The van der Waals surface area contributed by atoms with Gasteiger partial charge >= 0.3 is 5.97 Å². The molecule has 94 valence electrons. The minimum Gasteiger partial charge on any atom is -0.480 e. The number of nitrogens with one attached hydrogen (secondary N) is 1. The molecule has 1 atom stereocenters. The average molecular weight is 249 g/mol. The Balaban J connectivity index is 3.40. The van der Waals surface area contributed by atoms with Crippen LogP contribution >= 0.6 is 11.8 Å². The molecule has 0 radical (unpaired) electrons. The van der Waals surface area contributed by atoms with Crippen LogP contribution in [0.4, 0.5) is 0 Å². The molecule has 0 aromatic carbocycles. The van der Waals surface area contributed by atoms with Gasteiger partial charge in [-0.1, -0.05) is 0 Å². The van der Waals surface area contributed by atoms with Crippen LogP contribution < -0.4 is 5.32 Å². The number of rotatable bonds is 11. The molecule has 0 spiro atoms. The molecule has 0 aliphatic rings. The van der Waals surface area contributed by atoms with Gasteiger partial charge in [0, 0.05) is 13.7 Å². The molecule has 0 saturated carbocycles. The Hall–Kier alpha value is -0.750. The van der Waals surface area contributed by atoms with E-state index in [1.54, 1.807) is 18.9 Å². The maximum Gasteiger partial charge on any atom is 0.326 e. The van der Waals surface area contributed by atoms with Crippen LogP contribution in [0.25, 0.3) is 0 Å². The number of carboxylic acids is 1. The number of ether oxygens (including phenoxy) is 1. The second-order valence-electron chi connectivity index (χ2n) is 3.28. The molecule has 0 aliphatic heterocycles. The van der Waals surface area contributed by atoms with Gasteiger partial charge < -0.3 is 15.2 Å². The van der Waals surface area contributed by atoms with E-state index in [2.05, 4.69) is 5.32 Å². The highest BCUT2D eigenvalue weighted by Crippen LogP contribution is 2.08. The molecule has 0 saturated heterocycles. The van der Waals surface area contributed by atoms with E-state index in [-0.39, 0.29) is 0 Å². The number of carboxylic acid groups (broad SMARTS) is 1. The molecule has 0 fully saturated rings. The third-order valence-corrected chi connectivity index (χ3v) is 3.11. The Morgan fingerprint density at radius 2 is 2.25 bits per heavy atom. The number of carbonyl (C=O) groups is 2. The second-order valence-corrected chi connectivity index (χ2v) is 4.50. The third kappa shape index (κ3) is 8.55. The highest BCUT2D eigenvalue weighted by molar-refractivity contribution is 7.99. The second kappa shape index (κ2) is 10.8. The van der Waals surface area contributed by atoms with Gasteiger partial charge in [-0.15, -0.1) is 0 Å². The molecule has 0 bridgehead atoms. The molecule has 0 aliphatic carbocycles. The number of carbonyl (C=O) groups excluding carboxylic acids is 1. The average Bonchev–Trinajstić information content (AvgIpc) is 2.26. The fraction of sp³-hybridized carbons (Fsp3) is 0.800. The maximum atomic E-state index is 10.6. The topological polar surface area (TPSA) is 75.6 Å². The van der Waals surface area contributed by atoms with Crippen molar-refractivity contribution in [2.75, 3.05) is 25.2 Å². The third-order valence-electron chi connectivity index (χ3n) is 2.01. The summed E-state index contributed by atoms with van der Waals surface area (Å²) in [4.78, 5) is 20.8. The van der Waals surface area contributed by atoms with Gasteiger partial charge in [0.2, 0.25) is 6.41 Å². The van der Waals surface area contributed by atoms with Crippen molar-refractivity contribution in [1.82, 2.24) is 5.32 Å². The van der Waals surface area contributed by atoms with Gasteiger partial charge in [0.15, 0.2) is 0 Å². The van der Waals surface area contributed by atoms with E-state index in [4.69, 9.17) is 9.84 Å². The fourth-order valence-electron chi connectivity index (χ4n) is 1.11. The molecule has 1 unspecified atom stereocenters. The van der Waals surface area contributed by atoms with Gasteiger partial charge in [0.05, 0.1) is 0 Å². The summed E-state index contributed by atoms with van der Waals surface area (Å²) in [7, 11) is 1.68. The summed E-state index contributed by atoms with van der Waals surface area (Å²) in [5.74, 6) is 0.758. The number of aliphatic carboxylic acids is 1. The van der Waals surface area contributed by atoms with Gasteiger partial charge in [0.25, 0.3) is 0 Å². The minimum absolute atomic E-state index is 0.433. The van der Waals surface area contributed by atoms with Crippen molar-refractivity contribution in [3.63, 3.8) is 0 Å². The van der Waals surface area contributed by atoms with Crippen molar-refractivity contribution in [2.24, 2.45) is 0 Å². The SMILES string of the molecule is COCCCCSCCC(NC=O)C(=O)O. The fourth-order valence-corrected chi connectivity index (χ4v) is 2.13. The lowest BCUT2D eigenvalue weighted by molar-refractivity contribution is -0.140. The predicted octanol–water partition coefficient (Wildman–Crippen LogP) is 0.735. The molecule has 5 nitrogen and oxygen atoms in total. The predicted molar refractivity (Wildman–Crippen MR) is 63.7 cm³/mol. The van der Waals surface area contributed by atoms with Crippen molar-refractivity contribution >= 4 is 24.1 Å². The quantitative estimate of drug-likeness (QED) is 0.417. The highest BCUT2D eigenvalue weighted by Gasteiger charge is 2.14. The van der Waals surface area contributed by atoms with Gasteiger partial charge in [-0.2, -0.15) is 11.8 Å². The van der Waals surface area contributed by atoms with Crippen LogP contribution in [0.2, 0.25) is 0 Å². The first kappa shape index (κ1) is 15.2. The van der Waals surface area contributed by atoms with E-state index in [9.17, 15) is 9.59 Å². The molecule has 0 aromatic rings. The first-order chi connectivity index (χ1) is 7.72. The lowest BCUT2D eigenvalue weighted by atomic mass is 10.2. The van der Waals surface area contributed by atoms with Crippen LogP contribution in [0.1, 0.15) is 19.3 Å². The van der Waals surface area contributed by atoms with Crippen LogP contribution in [0.15, 0.2) is 0 Å². The van der Waals surface area contributed by atoms with E-state index in [0.29, 0.717) is 12.8 Å². The molecule has 0 heterocycles. The van der Waals surface area contributed by atoms with E-state index < -0.39 is 12.0 Å². The van der Waals surface area contributed by atoms with Gasteiger partial charge in [0.1, 0.15) is 6.04 Å². The van der Waals surface area contributed by atoms with Gasteiger partial charge in [-0.05, 0) is 30.8 Å². The number of hydrogen-bond acceptors (Lipinski definition) is 4. The zero-order valence-electron chi connectivity index (χ0n) is 9.48. The summed E-state index contributed by atoms with van der Waals surface area (Å²) < 4.78 is 4.91. The van der Waals surface area contributed by atoms with Crippen molar-refractivity contribution in [3.05, 3.63) is 0 Å². The van der Waals surface area contributed by atoms with Crippen molar-refractivity contribution in [1.29, 1.82) is 0 Å². The molecular formula is C10H19NO4S. The number of unbranched alkanes of at least 4 members (excludes halogenated alkanes) is 1. The lowest BCUT2D eigenvalue weighted by Gasteiger charge is -2.10. The Morgan fingerprint density at radius 3 is 2.81 bits per heavy atom. The zero-order chi connectivity index (χ0) is 12.2. The summed E-state index contributed by atoms with van der Waals surface area (Å²) in [6.07, 6.45) is 2.99. The molecular weight excluding hydrogens is 230 g/mol. The summed E-state index contributed by atoms with van der Waals surface area (Å²) in [6, 6.07) is -0.760. The number of thioether (sulfide) groups is 1. The van der Waals surface area contributed by atoms with Crippen LogP contribution in [-0.2, 0) is 14.3 Å². The Kier molecular flexibility index (Phi) is 10.3. The molecule has 1 amide bonds. The molecule has 2 N–H and O–H groups in total. The van der Waals surface area contributed by atoms with E-state index >= 15 is 0 Å². The molecule has 0 rings (SSSR count). The summed E-state index contributed by atoms with van der Waals surface area (Å²) in [5, 5.41) is 11.0. The van der Waals surface area contributed by atoms with Crippen LogP contribution in [0.3, 0.4) is 0 Å². The minimum atomic E-state index is -0.980. The highest BCUT2D eigenvalue weighted by atomic mass is 32.2. The Morgan fingerprint density at radius 1 is 1.50 bits per heavy atom. The van der Waals surface area contributed by atoms with E-state index in [1.165, 1.54) is 0 Å². The number of methoxy groups -OCH3 is 1. The van der Waals surface area contributed by atoms with E-state index in [1.807, 2.05) is 0 Å².